The van der Waals surface area contributed by atoms with E-state index in [-0.39, 0.29) is 24.0 Å². The summed E-state index contributed by atoms with van der Waals surface area (Å²) in [5.41, 5.74) is 0. The van der Waals surface area contributed by atoms with E-state index in [0.29, 0.717) is 11.5 Å². The van der Waals surface area contributed by atoms with Crippen molar-refractivity contribution in [3.8, 4) is 0 Å². The molecule has 19 heavy (non-hydrogen) atoms. The van der Waals surface area contributed by atoms with Crippen molar-refractivity contribution >= 4 is 0 Å². The summed E-state index contributed by atoms with van der Waals surface area (Å²) in [5.74, 6) is 1.28. The number of aliphatic hydroxyl groups is 2. The molecule has 2 N–H and O–H groups in total. The summed E-state index contributed by atoms with van der Waals surface area (Å²) in [6.45, 7) is 7.93. The van der Waals surface area contributed by atoms with Crippen LogP contribution in [0.2, 0.25) is 0 Å². The molecule has 0 aromatic carbocycles. The highest BCUT2D eigenvalue weighted by Gasteiger charge is 2.30. The highest BCUT2D eigenvalue weighted by molar-refractivity contribution is 5.05. The minimum atomic E-state index is -0.342. The molecule has 2 aliphatic rings. The first-order valence-corrected chi connectivity index (χ1v) is 7.51. The van der Waals surface area contributed by atoms with Gasteiger partial charge in [-0.1, -0.05) is 38.8 Å². The Labute approximate surface area is 116 Å². The minimum Gasteiger partial charge on any atom is -0.467 e. The molecule has 0 amide bonds. The molecule has 0 spiro atoms. The van der Waals surface area contributed by atoms with E-state index in [2.05, 4.69) is 13.2 Å². The number of aliphatic hydroxyl groups excluding tert-OH is 2. The molecule has 4 atom stereocenters. The predicted molar refractivity (Wildman–Crippen MR) is 75.3 cm³/mol. The van der Waals surface area contributed by atoms with E-state index in [1.807, 2.05) is 0 Å². The van der Waals surface area contributed by atoms with Crippen molar-refractivity contribution in [2.24, 2.45) is 11.8 Å². The number of hydrogen-bond donors (Lipinski definition) is 2. The van der Waals surface area contributed by atoms with Gasteiger partial charge in [-0.3, -0.25) is 0 Å². The lowest BCUT2D eigenvalue weighted by molar-refractivity contribution is 0.0348. The topological polar surface area (TPSA) is 49.7 Å². The average molecular weight is 266 g/mol. The van der Waals surface area contributed by atoms with E-state index >= 15 is 0 Å². The van der Waals surface area contributed by atoms with E-state index < -0.39 is 0 Å². The lowest BCUT2D eigenvalue weighted by atomic mass is 9.84. The molecule has 2 rings (SSSR count). The molecule has 0 aliphatic heterocycles. The van der Waals surface area contributed by atoms with Crippen molar-refractivity contribution in [2.45, 2.75) is 63.6 Å². The van der Waals surface area contributed by atoms with Crippen molar-refractivity contribution in [2.75, 3.05) is 0 Å². The van der Waals surface area contributed by atoms with Gasteiger partial charge in [0.05, 0.1) is 12.2 Å². The van der Waals surface area contributed by atoms with E-state index in [1.165, 1.54) is 0 Å². The fourth-order valence-corrected chi connectivity index (χ4v) is 3.29. The van der Waals surface area contributed by atoms with Crippen LogP contribution < -0.4 is 0 Å². The molecule has 3 nitrogen and oxygen atoms in total. The van der Waals surface area contributed by atoms with Crippen LogP contribution in [0.1, 0.15) is 51.4 Å². The van der Waals surface area contributed by atoms with Crippen molar-refractivity contribution < 1.29 is 14.9 Å². The smallest absolute Gasteiger partial charge is 0.102 e. The Balaban J connectivity index is 1.88. The molecular formula is C16H26O3. The summed E-state index contributed by atoms with van der Waals surface area (Å²) in [4.78, 5) is 0. The molecule has 0 saturated heterocycles. The van der Waals surface area contributed by atoms with Gasteiger partial charge in [-0.15, -0.1) is 0 Å². The molecule has 0 heterocycles. The Bertz CT molecular complexity index is 305. The fraction of sp³-hybridized carbons (Fsp3) is 0.750. The van der Waals surface area contributed by atoms with Gasteiger partial charge in [0.15, 0.2) is 0 Å². The largest absolute Gasteiger partial charge is 0.467 e. The molecular weight excluding hydrogens is 240 g/mol. The van der Waals surface area contributed by atoms with Crippen LogP contribution >= 0.6 is 0 Å². The lowest BCUT2D eigenvalue weighted by Crippen LogP contribution is -2.29. The Morgan fingerprint density at radius 2 is 1.11 bits per heavy atom. The van der Waals surface area contributed by atoms with Gasteiger partial charge in [0.1, 0.15) is 11.5 Å². The maximum atomic E-state index is 9.99. The van der Waals surface area contributed by atoms with Gasteiger partial charge in [-0.05, 0) is 25.7 Å². The number of ether oxygens (including phenoxy) is 1. The first kappa shape index (κ1) is 14.6. The second-order valence-corrected chi connectivity index (χ2v) is 5.95. The third-order valence-corrected chi connectivity index (χ3v) is 4.55. The maximum Gasteiger partial charge on any atom is 0.102 e. The molecule has 0 aromatic heterocycles. The van der Waals surface area contributed by atoms with Crippen molar-refractivity contribution in [3.63, 3.8) is 0 Å². The summed E-state index contributed by atoms with van der Waals surface area (Å²) in [5, 5.41) is 20.0. The van der Waals surface area contributed by atoms with Crippen LogP contribution in [-0.2, 0) is 4.74 Å². The number of hydrogen-bond acceptors (Lipinski definition) is 3. The summed E-state index contributed by atoms with van der Waals surface area (Å²) in [7, 11) is 0. The first-order chi connectivity index (χ1) is 9.09. The summed E-state index contributed by atoms with van der Waals surface area (Å²) < 4.78 is 5.76. The molecule has 2 saturated carbocycles. The zero-order valence-corrected chi connectivity index (χ0v) is 11.7. The Morgan fingerprint density at radius 3 is 1.47 bits per heavy atom. The molecule has 2 fully saturated rings. The van der Waals surface area contributed by atoms with Crippen molar-refractivity contribution in [1.82, 2.24) is 0 Å². The standard InChI is InChI=1S/C16H26O3/c1-11(13-7-3-5-9-15(13)17)19-12(2)14-8-4-6-10-16(14)18/h13-18H,1-10H2. The van der Waals surface area contributed by atoms with Crippen LogP contribution in [0.25, 0.3) is 0 Å². The fourth-order valence-electron chi connectivity index (χ4n) is 3.29. The highest BCUT2D eigenvalue weighted by Crippen LogP contribution is 2.35. The average Bonchev–Trinajstić information content (AvgIpc) is 2.39. The first-order valence-electron chi connectivity index (χ1n) is 7.51. The SMILES string of the molecule is C=C(OC(=C)C1CCCCC1O)C1CCCCC1O. The van der Waals surface area contributed by atoms with Crippen LogP contribution in [0, 0.1) is 11.8 Å². The third kappa shape index (κ3) is 3.61. The molecule has 3 heteroatoms. The highest BCUT2D eigenvalue weighted by atomic mass is 16.5. The second-order valence-electron chi connectivity index (χ2n) is 5.95. The van der Waals surface area contributed by atoms with Crippen LogP contribution in [-0.4, -0.2) is 22.4 Å². The lowest BCUT2D eigenvalue weighted by Gasteiger charge is -2.33. The van der Waals surface area contributed by atoms with Gasteiger partial charge in [0.25, 0.3) is 0 Å². The molecule has 4 unspecified atom stereocenters. The van der Waals surface area contributed by atoms with Gasteiger partial charge in [0, 0.05) is 11.8 Å². The van der Waals surface area contributed by atoms with Gasteiger partial charge >= 0.3 is 0 Å². The Hall–Kier alpha value is -0.800. The quantitative estimate of drug-likeness (QED) is 0.769. The molecule has 0 radical (unpaired) electrons. The summed E-state index contributed by atoms with van der Waals surface area (Å²) >= 11 is 0. The normalized spacial score (nSPS) is 35.7. The van der Waals surface area contributed by atoms with Gasteiger partial charge in [-0.25, -0.2) is 0 Å². The van der Waals surface area contributed by atoms with Crippen LogP contribution in [0.15, 0.2) is 24.7 Å². The molecule has 108 valence electrons. The predicted octanol–water partition coefficient (Wildman–Crippen LogP) is 3.13. The Kier molecular flexibility index (Phi) is 5.06. The van der Waals surface area contributed by atoms with E-state index in [9.17, 15) is 10.2 Å². The van der Waals surface area contributed by atoms with Crippen LogP contribution in [0.5, 0.6) is 0 Å². The Morgan fingerprint density at radius 1 is 0.737 bits per heavy atom. The minimum absolute atomic E-state index is 0.0197. The maximum absolute atomic E-state index is 9.99. The molecule has 2 aliphatic carbocycles. The van der Waals surface area contributed by atoms with E-state index in [1.54, 1.807) is 0 Å². The zero-order valence-electron chi connectivity index (χ0n) is 11.7. The van der Waals surface area contributed by atoms with Gasteiger partial charge < -0.3 is 14.9 Å². The monoisotopic (exact) mass is 266 g/mol. The van der Waals surface area contributed by atoms with Crippen LogP contribution in [0.4, 0.5) is 0 Å². The van der Waals surface area contributed by atoms with E-state index in [0.717, 1.165) is 51.4 Å². The van der Waals surface area contributed by atoms with E-state index in [4.69, 9.17) is 4.74 Å². The molecule has 0 bridgehead atoms. The molecule has 0 aromatic rings. The number of rotatable bonds is 4. The van der Waals surface area contributed by atoms with Crippen molar-refractivity contribution in [1.29, 1.82) is 0 Å². The summed E-state index contributed by atoms with van der Waals surface area (Å²) in [6.07, 6.45) is 7.21. The van der Waals surface area contributed by atoms with Gasteiger partial charge in [-0.2, -0.15) is 0 Å². The summed E-state index contributed by atoms with van der Waals surface area (Å²) in [6, 6.07) is 0. The third-order valence-electron chi connectivity index (χ3n) is 4.55. The van der Waals surface area contributed by atoms with Crippen molar-refractivity contribution in [3.05, 3.63) is 24.7 Å². The van der Waals surface area contributed by atoms with Crippen LogP contribution in [0.3, 0.4) is 0 Å². The zero-order chi connectivity index (χ0) is 13.8. The van der Waals surface area contributed by atoms with Gasteiger partial charge in [0.2, 0.25) is 0 Å². The second kappa shape index (κ2) is 6.58.